The van der Waals surface area contributed by atoms with Crippen molar-refractivity contribution in [3.8, 4) is 0 Å². The summed E-state index contributed by atoms with van der Waals surface area (Å²) in [6.07, 6.45) is 3.20. The van der Waals surface area contributed by atoms with E-state index in [1.807, 2.05) is 11.9 Å². The minimum absolute atomic E-state index is 0.0632. The smallest absolute Gasteiger partial charge is 0.189 e. The van der Waals surface area contributed by atoms with E-state index in [-0.39, 0.29) is 22.7 Å². The lowest BCUT2D eigenvalue weighted by Gasteiger charge is -2.25. The van der Waals surface area contributed by atoms with E-state index >= 15 is 0 Å². The zero-order chi connectivity index (χ0) is 13.2. The number of nitrogens with zero attached hydrogens (tertiary/aromatic N) is 1. The summed E-state index contributed by atoms with van der Waals surface area (Å²) >= 11 is 0. The van der Waals surface area contributed by atoms with Gasteiger partial charge in [-0.15, -0.1) is 0 Å². The summed E-state index contributed by atoms with van der Waals surface area (Å²) in [4.78, 5) is 24.4. The van der Waals surface area contributed by atoms with Crippen LogP contribution in [0.1, 0.15) is 27.7 Å². The molecule has 1 aliphatic heterocycles. The van der Waals surface area contributed by atoms with Crippen molar-refractivity contribution >= 4 is 11.6 Å². The van der Waals surface area contributed by atoms with E-state index in [9.17, 15) is 9.59 Å². The Morgan fingerprint density at radius 3 is 2.18 bits per heavy atom. The zero-order valence-corrected chi connectivity index (χ0v) is 11.0. The van der Waals surface area contributed by atoms with Crippen LogP contribution < -0.4 is 0 Å². The summed E-state index contributed by atoms with van der Waals surface area (Å²) in [7, 11) is 1.92. The van der Waals surface area contributed by atoms with Crippen molar-refractivity contribution in [3.63, 3.8) is 0 Å². The van der Waals surface area contributed by atoms with Crippen molar-refractivity contribution in [1.82, 2.24) is 4.90 Å². The van der Waals surface area contributed by atoms with E-state index in [4.69, 9.17) is 4.74 Å². The lowest BCUT2D eigenvalue weighted by atomic mass is 10.1. The Balaban J connectivity index is 2.95. The quantitative estimate of drug-likeness (QED) is 0.425. The Hall–Kier alpha value is -1.58. The maximum absolute atomic E-state index is 11.2. The Morgan fingerprint density at radius 2 is 1.82 bits per heavy atom. The van der Waals surface area contributed by atoms with Crippen LogP contribution in [0, 0.1) is 0 Å². The largest absolute Gasteiger partial charge is 0.477 e. The van der Waals surface area contributed by atoms with Crippen LogP contribution in [0.5, 0.6) is 0 Å². The number of hydrogen-bond acceptors (Lipinski definition) is 4. The van der Waals surface area contributed by atoms with Crippen molar-refractivity contribution in [2.45, 2.75) is 33.2 Å². The molecule has 1 rings (SSSR count). The van der Waals surface area contributed by atoms with Crippen LogP contribution in [0.3, 0.4) is 0 Å². The first kappa shape index (κ1) is 13.5. The predicted octanol–water partition coefficient (Wildman–Crippen LogP) is 1.67. The summed E-state index contributed by atoms with van der Waals surface area (Å²) < 4.78 is 5.51. The van der Waals surface area contributed by atoms with E-state index in [1.165, 1.54) is 19.9 Å². The molecule has 17 heavy (non-hydrogen) atoms. The van der Waals surface area contributed by atoms with Gasteiger partial charge in [-0.25, -0.2) is 0 Å². The van der Waals surface area contributed by atoms with E-state index in [0.29, 0.717) is 12.5 Å². The SMILES string of the molecule is CC(=O)C(=C/C=C1/OCC(C)(C)N1C)C(C)=O. The molecule has 0 spiro atoms. The number of ketones is 2. The van der Waals surface area contributed by atoms with Gasteiger partial charge in [-0.1, -0.05) is 0 Å². The predicted molar refractivity (Wildman–Crippen MR) is 65.3 cm³/mol. The molecule has 1 heterocycles. The van der Waals surface area contributed by atoms with Gasteiger partial charge in [-0.05, 0) is 39.8 Å². The Bertz CT molecular complexity index is 389. The zero-order valence-electron chi connectivity index (χ0n) is 11.0. The second kappa shape index (κ2) is 4.73. The third-order valence-electron chi connectivity index (χ3n) is 2.96. The molecule has 0 bridgehead atoms. The van der Waals surface area contributed by atoms with Crippen LogP contribution >= 0.6 is 0 Å². The van der Waals surface area contributed by atoms with Gasteiger partial charge in [0.15, 0.2) is 17.4 Å². The highest BCUT2D eigenvalue weighted by Gasteiger charge is 2.33. The molecule has 0 atom stereocenters. The summed E-state index contributed by atoms with van der Waals surface area (Å²) in [5.41, 5.74) is 0.130. The van der Waals surface area contributed by atoms with Crippen LogP contribution in [0.25, 0.3) is 0 Å². The van der Waals surface area contributed by atoms with Gasteiger partial charge in [0.05, 0.1) is 11.1 Å². The first-order chi connectivity index (χ1) is 7.75. The van der Waals surface area contributed by atoms with Gasteiger partial charge >= 0.3 is 0 Å². The van der Waals surface area contributed by atoms with E-state index in [2.05, 4.69) is 13.8 Å². The van der Waals surface area contributed by atoms with Crippen molar-refractivity contribution in [2.75, 3.05) is 13.7 Å². The molecule has 0 aromatic heterocycles. The minimum atomic E-state index is -0.228. The highest BCUT2D eigenvalue weighted by Crippen LogP contribution is 2.27. The Kier molecular flexibility index (Phi) is 3.76. The number of likely N-dealkylation sites (N-methyl/N-ethyl adjacent to an activating group) is 1. The van der Waals surface area contributed by atoms with Crippen LogP contribution in [0.4, 0.5) is 0 Å². The lowest BCUT2D eigenvalue weighted by molar-refractivity contribution is -0.119. The van der Waals surface area contributed by atoms with Crippen molar-refractivity contribution in [3.05, 3.63) is 23.6 Å². The molecular weight excluding hydrogens is 218 g/mol. The fourth-order valence-electron chi connectivity index (χ4n) is 1.54. The number of allylic oxidation sites excluding steroid dienone is 3. The molecule has 1 saturated heterocycles. The van der Waals surface area contributed by atoms with Gasteiger partial charge < -0.3 is 9.64 Å². The fraction of sp³-hybridized carbons (Fsp3) is 0.538. The number of carbonyl (C=O) groups excluding carboxylic acids is 2. The second-order valence-electron chi connectivity index (χ2n) is 4.86. The molecule has 0 aliphatic carbocycles. The highest BCUT2D eigenvalue weighted by atomic mass is 16.5. The number of Topliss-reactive ketones (excluding diaryl/α,β-unsaturated/α-hetero) is 2. The molecule has 4 heteroatoms. The molecule has 94 valence electrons. The molecule has 0 amide bonds. The maximum atomic E-state index is 11.2. The van der Waals surface area contributed by atoms with Crippen LogP contribution in [-0.2, 0) is 14.3 Å². The summed E-state index contributed by atoms with van der Waals surface area (Å²) in [6, 6.07) is 0. The van der Waals surface area contributed by atoms with Gasteiger partial charge in [0, 0.05) is 7.05 Å². The van der Waals surface area contributed by atoms with Crippen molar-refractivity contribution in [2.24, 2.45) is 0 Å². The van der Waals surface area contributed by atoms with Gasteiger partial charge in [-0.3, -0.25) is 9.59 Å². The van der Waals surface area contributed by atoms with Crippen molar-refractivity contribution < 1.29 is 14.3 Å². The second-order valence-corrected chi connectivity index (χ2v) is 4.86. The molecule has 0 aromatic rings. The third kappa shape index (κ3) is 2.96. The Labute approximate surface area is 102 Å². The molecule has 0 saturated carbocycles. The molecule has 0 unspecified atom stereocenters. The van der Waals surface area contributed by atoms with Gasteiger partial charge in [0.1, 0.15) is 6.61 Å². The standard InChI is InChI=1S/C13H19NO3/c1-9(15)11(10(2)16)6-7-12-14(5)13(3,4)8-17-12/h6-7H,8H2,1-5H3/b12-7+. The number of carbonyl (C=O) groups is 2. The lowest BCUT2D eigenvalue weighted by Crippen LogP contribution is -2.36. The first-order valence-corrected chi connectivity index (χ1v) is 5.56. The monoisotopic (exact) mass is 237 g/mol. The molecule has 1 fully saturated rings. The van der Waals surface area contributed by atoms with Crippen LogP contribution in [-0.4, -0.2) is 35.7 Å². The van der Waals surface area contributed by atoms with Gasteiger partial charge in [0.2, 0.25) is 0 Å². The molecule has 1 aliphatic rings. The summed E-state index contributed by atoms with van der Waals surface area (Å²) in [6.45, 7) is 7.49. The first-order valence-electron chi connectivity index (χ1n) is 5.56. The summed E-state index contributed by atoms with van der Waals surface area (Å²) in [5.74, 6) is 0.221. The van der Waals surface area contributed by atoms with E-state index < -0.39 is 0 Å². The molecule has 0 aromatic carbocycles. The molecular formula is C13H19NO3. The number of rotatable bonds is 3. The van der Waals surface area contributed by atoms with Gasteiger partial charge in [-0.2, -0.15) is 0 Å². The average Bonchev–Trinajstić information content (AvgIpc) is 2.43. The van der Waals surface area contributed by atoms with Crippen LogP contribution in [0.2, 0.25) is 0 Å². The molecule has 0 radical (unpaired) electrons. The highest BCUT2D eigenvalue weighted by molar-refractivity contribution is 6.18. The molecule has 0 N–H and O–H groups in total. The normalized spacial score (nSPS) is 20.1. The minimum Gasteiger partial charge on any atom is -0.477 e. The van der Waals surface area contributed by atoms with E-state index in [1.54, 1.807) is 6.08 Å². The molecule has 4 nitrogen and oxygen atoms in total. The Morgan fingerprint density at radius 1 is 1.29 bits per heavy atom. The number of ether oxygens (including phenoxy) is 1. The third-order valence-corrected chi connectivity index (χ3v) is 2.96. The van der Waals surface area contributed by atoms with Crippen molar-refractivity contribution in [1.29, 1.82) is 0 Å². The number of hydrogen-bond donors (Lipinski definition) is 0. The van der Waals surface area contributed by atoms with E-state index in [0.717, 1.165) is 0 Å². The topological polar surface area (TPSA) is 46.6 Å². The fourth-order valence-corrected chi connectivity index (χ4v) is 1.54. The van der Waals surface area contributed by atoms with Gasteiger partial charge in [0.25, 0.3) is 0 Å². The average molecular weight is 237 g/mol. The van der Waals surface area contributed by atoms with Crippen LogP contribution in [0.15, 0.2) is 23.6 Å². The maximum Gasteiger partial charge on any atom is 0.189 e. The summed E-state index contributed by atoms with van der Waals surface area (Å²) in [5, 5.41) is 0.